The number of rotatable bonds is 3. The molecule has 1 aliphatic carbocycles. The van der Waals surface area contributed by atoms with Crippen LogP contribution in [-0.2, 0) is 11.2 Å². The zero-order chi connectivity index (χ0) is 22.0. The minimum Gasteiger partial charge on any atom is -0.483 e. The molecule has 0 bridgehead atoms. The van der Waals surface area contributed by atoms with Gasteiger partial charge in [0.1, 0.15) is 23.3 Å². The Hall–Kier alpha value is -3.80. The fourth-order valence-corrected chi connectivity index (χ4v) is 4.20. The summed E-state index contributed by atoms with van der Waals surface area (Å²) in [5.41, 5.74) is 3.83. The Morgan fingerprint density at radius 1 is 1.35 bits per heavy atom. The third kappa shape index (κ3) is 3.97. The number of halogens is 1. The number of nitrogens with zero attached hydrogens (tertiary/aromatic N) is 5. The number of alkyl halides is 1. The number of carboxylic acid groups (broad SMARTS) is 1. The second kappa shape index (κ2) is 8.52. The van der Waals surface area contributed by atoms with E-state index in [-0.39, 0.29) is 12.5 Å². The number of imidazole rings is 1. The molecule has 31 heavy (non-hydrogen) atoms. The first-order chi connectivity index (χ1) is 15.0. The van der Waals surface area contributed by atoms with Crippen LogP contribution in [0.15, 0.2) is 35.0 Å². The molecule has 1 N–H and O–H groups in total. The van der Waals surface area contributed by atoms with Gasteiger partial charge in [-0.1, -0.05) is 11.2 Å². The number of fused-ring (bicyclic) bond motifs is 3. The lowest BCUT2D eigenvalue weighted by Crippen LogP contribution is -2.11. The number of aryl methyl sites for hydroxylation is 1. The monoisotopic (exact) mass is 421 g/mol. The first-order valence-corrected chi connectivity index (χ1v) is 9.85. The summed E-state index contributed by atoms with van der Waals surface area (Å²) in [5.74, 6) is 1.57. The van der Waals surface area contributed by atoms with Gasteiger partial charge >= 0.3 is 0 Å². The fraction of sp³-hybridized carbons (Fsp3) is 0.318. The number of pyridine rings is 1. The van der Waals surface area contributed by atoms with Gasteiger partial charge < -0.3 is 14.2 Å². The van der Waals surface area contributed by atoms with E-state index in [9.17, 15) is 4.39 Å². The molecule has 158 valence electrons. The molecule has 0 aliphatic heterocycles. The Morgan fingerprint density at radius 3 is 2.81 bits per heavy atom. The number of aromatic nitrogens is 4. The molecule has 0 amide bonds. The van der Waals surface area contributed by atoms with Gasteiger partial charge in [0.05, 0.1) is 35.9 Å². The Morgan fingerprint density at radius 2 is 2.16 bits per heavy atom. The van der Waals surface area contributed by atoms with E-state index >= 15 is 0 Å². The van der Waals surface area contributed by atoms with E-state index < -0.39 is 6.17 Å². The summed E-state index contributed by atoms with van der Waals surface area (Å²) in [6, 6.07) is 7.39. The first-order valence-electron chi connectivity index (χ1n) is 9.85. The van der Waals surface area contributed by atoms with Crippen molar-refractivity contribution >= 4 is 34.1 Å². The lowest BCUT2D eigenvalue weighted by atomic mass is 10.1. The maximum atomic E-state index is 14.0. The number of carbonyl (C=O) groups is 1. The Balaban J connectivity index is 0.000000730. The molecule has 1 aliphatic rings. The van der Waals surface area contributed by atoms with Crippen LogP contribution in [0.3, 0.4) is 0 Å². The van der Waals surface area contributed by atoms with E-state index in [2.05, 4.69) is 19.6 Å². The Labute approximate surface area is 177 Å². The summed E-state index contributed by atoms with van der Waals surface area (Å²) < 4.78 is 21.4. The summed E-state index contributed by atoms with van der Waals surface area (Å²) >= 11 is 0. The van der Waals surface area contributed by atoms with E-state index in [1.807, 2.05) is 25.1 Å². The molecular weight excluding hydrogens is 401 g/mol. The highest BCUT2D eigenvalue weighted by Gasteiger charge is 2.29. The van der Waals surface area contributed by atoms with Crippen molar-refractivity contribution in [3.63, 3.8) is 0 Å². The summed E-state index contributed by atoms with van der Waals surface area (Å²) in [6.07, 6.45) is 3.26. The molecule has 1 saturated carbocycles. The van der Waals surface area contributed by atoms with Gasteiger partial charge in [0.2, 0.25) is 0 Å². The molecule has 1 aromatic carbocycles. The summed E-state index contributed by atoms with van der Waals surface area (Å²) in [6.45, 7) is 8.95. The predicted octanol–water partition coefficient (Wildman–Crippen LogP) is 4.79. The maximum Gasteiger partial charge on any atom is 0.290 e. The van der Waals surface area contributed by atoms with E-state index in [4.69, 9.17) is 26.0 Å². The van der Waals surface area contributed by atoms with E-state index in [0.717, 1.165) is 45.6 Å². The minimum atomic E-state index is -0.795. The number of hydrogen-bond donors (Lipinski definition) is 1. The van der Waals surface area contributed by atoms with Crippen molar-refractivity contribution in [1.82, 2.24) is 19.7 Å². The molecule has 0 spiro atoms. The van der Waals surface area contributed by atoms with Crippen LogP contribution < -0.4 is 0 Å². The molecule has 5 rings (SSSR count). The van der Waals surface area contributed by atoms with Crippen LogP contribution in [0.4, 0.5) is 10.1 Å². The lowest BCUT2D eigenvalue weighted by molar-refractivity contribution is -0.122. The van der Waals surface area contributed by atoms with Crippen LogP contribution >= 0.6 is 0 Å². The van der Waals surface area contributed by atoms with Crippen LogP contribution in [0.5, 0.6) is 0 Å². The van der Waals surface area contributed by atoms with Crippen molar-refractivity contribution in [2.24, 2.45) is 0 Å². The molecule has 3 aromatic heterocycles. The highest BCUT2D eigenvalue weighted by molar-refractivity contribution is 6.03. The van der Waals surface area contributed by atoms with Crippen molar-refractivity contribution < 1.29 is 18.8 Å². The van der Waals surface area contributed by atoms with E-state index in [1.54, 1.807) is 12.3 Å². The van der Waals surface area contributed by atoms with Gasteiger partial charge in [0.15, 0.2) is 5.69 Å². The Bertz CT molecular complexity index is 1290. The van der Waals surface area contributed by atoms with Gasteiger partial charge in [-0.05, 0) is 38.3 Å². The Kier molecular flexibility index (Phi) is 5.62. The first kappa shape index (κ1) is 20.5. The third-order valence-corrected chi connectivity index (χ3v) is 5.42. The van der Waals surface area contributed by atoms with Crippen molar-refractivity contribution in [2.75, 3.05) is 0 Å². The average molecular weight is 421 g/mol. The lowest BCUT2D eigenvalue weighted by Gasteiger charge is -2.17. The van der Waals surface area contributed by atoms with Gasteiger partial charge in [-0.15, -0.1) is 0 Å². The smallest absolute Gasteiger partial charge is 0.290 e. The quantitative estimate of drug-likeness (QED) is 0.377. The minimum absolute atomic E-state index is 0.0326. The second-order valence-electron chi connectivity index (χ2n) is 7.48. The summed E-state index contributed by atoms with van der Waals surface area (Å²) in [4.78, 5) is 21.2. The zero-order valence-electron chi connectivity index (χ0n) is 16.8. The van der Waals surface area contributed by atoms with Crippen LogP contribution in [-0.4, -0.2) is 37.4 Å². The van der Waals surface area contributed by atoms with Gasteiger partial charge in [-0.25, -0.2) is 14.2 Å². The van der Waals surface area contributed by atoms with Gasteiger partial charge in [0.25, 0.3) is 6.47 Å². The molecule has 9 heteroatoms. The molecule has 2 atom stereocenters. The number of hydrogen-bond acceptors (Lipinski definition) is 5. The average Bonchev–Trinajstić information content (AvgIpc) is 3.46. The topological polar surface area (TPSA) is 98.4 Å². The van der Waals surface area contributed by atoms with Gasteiger partial charge in [-0.3, -0.25) is 9.78 Å². The van der Waals surface area contributed by atoms with Crippen LogP contribution in [0.2, 0.25) is 0 Å². The molecule has 0 radical (unpaired) electrons. The summed E-state index contributed by atoms with van der Waals surface area (Å²) in [7, 11) is 0. The standard InChI is InChI=1S/C21H18FN5O.CH2O2/c1-12-7-15(26-28-12)10-20-25-19-11-24-18-6-4-14(23-2)9-17(18)21(19)27(20)16-5-3-13(22)8-16;2-1-3/h4,6-7,9,11,13,16H,3,5,8,10H2,1H3;1H,(H,2,3)/t13-,16+;/m1./s1. The molecular formula is C22H20FN5O3. The van der Waals surface area contributed by atoms with Crippen molar-refractivity contribution in [3.05, 3.63) is 59.2 Å². The molecule has 4 aromatic rings. The van der Waals surface area contributed by atoms with E-state index in [1.165, 1.54) is 0 Å². The summed E-state index contributed by atoms with van der Waals surface area (Å²) in [5, 5.41) is 11.9. The molecule has 0 saturated heterocycles. The van der Waals surface area contributed by atoms with Crippen LogP contribution in [0.25, 0.3) is 26.8 Å². The van der Waals surface area contributed by atoms with Gasteiger partial charge in [-0.2, -0.15) is 0 Å². The van der Waals surface area contributed by atoms with E-state index in [0.29, 0.717) is 24.9 Å². The number of benzene rings is 1. The second-order valence-corrected chi connectivity index (χ2v) is 7.48. The van der Waals surface area contributed by atoms with Crippen molar-refractivity contribution in [3.8, 4) is 0 Å². The van der Waals surface area contributed by atoms with Crippen LogP contribution in [0.1, 0.15) is 42.6 Å². The maximum absolute atomic E-state index is 14.0. The third-order valence-electron chi connectivity index (χ3n) is 5.42. The predicted molar refractivity (Wildman–Crippen MR) is 112 cm³/mol. The van der Waals surface area contributed by atoms with Gasteiger partial charge in [0, 0.05) is 17.5 Å². The molecule has 8 nitrogen and oxygen atoms in total. The SMILES string of the molecule is O=CO.[C-]#[N+]c1ccc2ncc3nc(Cc4cc(C)on4)n([C@H]4CC[C@@H](F)C4)c3c2c1. The van der Waals surface area contributed by atoms with Crippen LogP contribution in [0, 0.1) is 13.5 Å². The van der Waals surface area contributed by atoms with Crippen molar-refractivity contribution in [2.45, 2.75) is 44.8 Å². The molecule has 3 heterocycles. The molecule has 1 fully saturated rings. The van der Waals surface area contributed by atoms with Crippen molar-refractivity contribution in [1.29, 1.82) is 0 Å². The fourth-order valence-electron chi connectivity index (χ4n) is 4.20. The normalized spacial score (nSPS) is 18.0. The zero-order valence-corrected chi connectivity index (χ0v) is 16.8. The molecule has 0 unspecified atom stereocenters. The highest BCUT2D eigenvalue weighted by atomic mass is 19.1. The largest absolute Gasteiger partial charge is 0.483 e. The highest BCUT2D eigenvalue weighted by Crippen LogP contribution is 2.38.